The van der Waals surface area contributed by atoms with E-state index in [2.05, 4.69) is 5.32 Å². The molecule has 104 valence electrons. The van der Waals surface area contributed by atoms with Gasteiger partial charge in [-0.25, -0.2) is 0 Å². The predicted octanol–water partition coefficient (Wildman–Crippen LogP) is 1.53. The lowest BCUT2D eigenvalue weighted by molar-refractivity contribution is -0.122. The lowest BCUT2D eigenvalue weighted by Crippen LogP contribution is -2.36. The molecule has 0 aromatic heterocycles. The molecule has 1 heterocycles. The molecule has 0 saturated carbocycles. The third-order valence-corrected chi connectivity index (χ3v) is 3.11. The van der Waals surface area contributed by atoms with E-state index >= 15 is 0 Å². The van der Waals surface area contributed by atoms with Gasteiger partial charge in [-0.15, -0.1) is 0 Å². The molecule has 0 radical (unpaired) electrons. The summed E-state index contributed by atoms with van der Waals surface area (Å²) >= 11 is 0. The Kier molecular flexibility index (Phi) is 3.52. The van der Waals surface area contributed by atoms with E-state index in [1.807, 2.05) is 32.0 Å². The summed E-state index contributed by atoms with van der Waals surface area (Å²) in [6.45, 7) is 5.60. The number of nitrogens with one attached hydrogen (secondary N) is 1. The molecule has 0 spiro atoms. The zero-order valence-corrected chi connectivity index (χ0v) is 11.6. The van der Waals surface area contributed by atoms with Gasteiger partial charge in [0.1, 0.15) is 5.75 Å². The van der Waals surface area contributed by atoms with Crippen LogP contribution in [0.5, 0.6) is 5.75 Å². The molecule has 1 aliphatic rings. The predicted molar refractivity (Wildman–Crippen MR) is 75.0 cm³/mol. The van der Waals surface area contributed by atoms with Crippen molar-refractivity contribution in [2.45, 2.75) is 44.9 Å². The fraction of sp³-hybridized carbons (Fsp3) is 0.500. The van der Waals surface area contributed by atoms with Crippen LogP contribution in [-0.2, 0) is 4.79 Å². The van der Waals surface area contributed by atoms with E-state index in [0.717, 1.165) is 5.56 Å². The summed E-state index contributed by atoms with van der Waals surface area (Å²) in [5, 5.41) is 2.82. The number of rotatable bonds is 3. The van der Waals surface area contributed by atoms with Crippen molar-refractivity contribution in [3.8, 4) is 5.75 Å². The Bertz CT molecular complexity index is 494. The van der Waals surface area contributed by atoms with E-state index in [0.29, 0.717) is 17.9 Å². The Morgan fingerprint density at radius 2 is 2.16 bits per heavy atom. The van der Waals surface area contributed by atoms with Crippen LogP contribution < -0.4 is 21.5 Å². The maximum absolute atomic E-state index is 11.6. The Hall–Kier alpha value is -1.59. The van der Waals surface area contributed by atoms with Crippen LogP contribution in [0.1, 0.15) is 38.8 Å². The van der Waals surface area contributed by atoms with Gasteiger partial charge >= 0.3 is 0 Å². The van der Waals surface area contributed by atoms with E-state index in [4.69, 9.17) is 16.2 Å². The second-order valence-corrected chi connectivity index (χ2v) is 5.80. The number of fused-ring (bicyclic) bond motifs is 1. The maximum atomic E-state index is 11.6. The van der Waals surface area contributed by atoms with E-state index in [1.54, 1.807) is 6.92 Å². The van der Waals surface area contributed by atoms with Crippen LogP contribution in [-0.4, -0.2) is 17.6 Å². The van der Waals surface area contributed by atoms with E-state index in [9.17, 15) is 4.79 Å². The number of carbonyl (C=O) groups excluding carboxylic acids is 1. The molecular formula is C14H21N3O2. The van der Waals surface area contributed by atoms with Crippen molar-refractivity contribution in [1.29, 1.82) is 0 Å². The molecule has 1 amide bonds. The van der Waals surface area contributed by atoms with Gasteiger partial charge in [0.15, 0.2) is 6.10 Å². The van der Waals surface area contributed by atoms with E-state index in [-0.39, 0.29) is 17.5 Å². The van der Waals surface area contributed by atoms with Crippen molar-refractivity contribution in [2.24, 2.45) is 11.5 Å². The maximum Gasteiger partial charge on any atom is 0.265 e. The minimum atomic E-state index is -0.463. The molecule has 2 rings (SSSR count). The zero-order valence-electron chi connectivity index (χ0n) is 11.6. The molecule has 5 heteroatoms. The molecule has 5 N–H and O–H groups in total. The largest absolute Gasteiger partial charge is 0.479 e. The average molecular weight is 263 g/mol. The van der Waals surface area contributed by atoms with Crippen LogP contribution in [0, 0.1) is 0 Å². The van der Waals surface area contributed by atoms with Crippen LogP contribution in [0.25, 0.3) is 0 Å². The lowest BCUT2D eigenvalue weighted by Gasteiger charge is -2.26. The first-order valence-electron chi connectivity index (χ1n) is 6.42. The summed E-state index contributed by atoms with van der Waals surface area (Å²) in [7, 11) is 0. The number of anilines is 1. The van der Waals surface area contributed by atoms with Gasteiger partial charge in [-0.2, -0.15) is 0 Å². The number of carbonyl (C=O) groups is 1. The lowest BCUT2D eigenvalue weighted by atomic mass is 9.92. The fourth-order valence-corrected chi connectivity index (χ4v) is 2.14. The normalized spacial score (nSPS) is 20.3. The first kappa shape index (κ1) is 13.8. The molecule has 1 aromatic carbocycles. The van der Waals surface area contributed by atoms with Gasteiger partial charge < -0.3 is 21.5 Å². The Labute approximate surface area is 113 Å². The molecule has 1 aromatic rings. The van der Waals surface area contributed by atoms with Crippen molar-refractivity contribution in [3.05, 3.63) is 23.8 Å². The van der Waals surface area contributed by atoms with Gasteiger partial charge in [0.05, 0.1) is 5.69 Å². The van der Waals surface area contributed by atoms with E-state index < -0.39 is 6.10 Å². The van der Waals surface area contributed by atoms with Crippen molar-refractivity contribution in [1.82, 2.24) is 0 Å². The highest BCUT2D eigenvalue weighted by Gasteiger charge is 2.25. The summed E-state index contributed by atoms with van der Waals surface area (Å²) in [4.78, 5) is 11.6. The van der Waals surface area contributed by atoms with Crippen molar-refractivity contribution >= 4 is 11.6 Å². The van der Waals surface area contributed by atoms with Gasteiger partial charge in [-0.1, -0.05) is 6.07 Å². The van der Waals surface area contributed by atoms with Crippen LogP contribution in [0.2, 0.25) is 0 Å². The molecule has 2 atom stereocenters. The first-order valence-corrected chi connectivity index (χ1v) is 6.42. The Morgan fingerprint density at radius 1 is 1.47 bits per heavy atom. The standard InChI is InChI=1S/C14H21N3O2/c1-8-13(18)17-11-6-9(4-5-12(11)19-8)10(15)7-14(2,3)16/h4-6,8,10H,7,15-16H2,1-3H3,(H,17,18). The van der Waals surface area contributed by atoms with Crippen LogP contribution in [0.4, 0.5) is 5.69 Å². The number of ether oxygens (including phenoxy) is 1. The molecule has 0 saturated heterocycles. The number of benzene rings is 1. The highest BCUT2D eigenvalue weighted by atomic mass is 16.5. The molecule has 19 heavy (non-hydrogen) atoms. The topological polar surface area (TPSA) is 90.4 Å². The highest BCUT2D eigenvalue weighted by Crippen LogP contribution is 2.33. The van der Waals surface area contributed by atoms with Crippen molar-refractivity contribution in [2.75, 3.05) is 5.32 Å². The minimum Gasteiger partial charge on any atom is -0.479 e. The van der Waals surface area contributed by atoms with Gasteiger partial charge in [0.2, 0.25) is 0 Å². The summed E-state index contributed by atoms with van der Waals surface area (Å²) in [5.41, 5.74) is 13.4. The third-order valence-electron chi connectivity index (χ3n) is 3.11. The molecule has 0 aliphatic carbocycles. The second kappa shape index (κ2) is 4.83. The molecule has 1 aliphatic heterocycles. The fourth-order valence-electron chi connectivity index (χ4n) is 2.14. The van der Waals surface area contributed by atoms with Gasteiger partial charge in [-0.05, 0) is 44.9 Å². The molecular weight excluding hydrogens is 242 g/mol. The van der Waals surface area contributed by atoms with Crippen LogP contribution in [0.15, 0.2) is 18.2 Å². The summed E-state index contributed by atoms with van der Waals surface area (Å²) in [6, 6.07) is 5.44. The summed E-state index contributed by atoms with van der Waals surface area (Å²) in [6.07, 6.45) is 0.201. The summed E-state index contributed by atoms with van der Waals surface area (Å²) < 4.78 is 5.50. The van der Waals surface area contributed by atoms with Gasteiger partial charge in [0.25, 0.3) is 5.91 Å². The smallest absolute Gasteiger partial charge is 0.265 e. The SMILES string of the molecule is CC1Oc2ccc(C(N)CC(C)(C)N)cc2NC1=O. The van der Waals surface area contributed by atoms with Crippen molar-refractivity contribution < 1.29 is 9.53 Å². The first-order chi connectivity index (χ1) is 8.76. The monoisotopic (exact) mass is 263 g/mol. The molecule has 0 fully saturated rings. The van der Waals surface area contributed by atoms with Crippen LogP contribution in [0.3, 0.4) is 0 Å². The molecule has 5 nitrogen and oxygen atoms in total. The molecule has 2 unspecified atom stereocenters. The van der Waals surface area contributed by atoms with E-state index in [1.165, 1.54) is 0 Å². The number of amides is 1. The number of hydrogen-bond donors (Lipinski definition) is 3. The van der Waals surface area contributed by atoms with Crippen molar-refractivity contribution in [3.63, 3.8) is 0 Å². The third kappa shape index (κ3) is 3.24. The summed E-state index contributed by atoms with van der Waals surface area (Å²) in [5.74, 6) is 0.535. The second-order valence-electron chi connectivity index (χ2n) is 5.80. The Morgan fingerprint density at radius 3 is 2.79 bits per heavy atom. The highest BCUT2D eigenvalue weighted by molar-refractivity contribution is 5.97. The Balaban J connectivity index is 2.22. The average Bonchev–Trinajstić information content (AvgIpc) is 2.27. The number of hydrogen-bond acceptors (Lipinski definition) is 4. The minimum absolute atomic E-state index is 0.141. The van der Waals surface area contributed by atoms with Gasteiger partial charge in [-0.3, -0.25) is 4.79 Å². The number of nitrogens with two attached hydrogens (primary N) is 2. The molecule has 0 bridgehead atoms. The quantitative estimate of drug-likeness (QED) is 0.771. The van der Waals surface area contributed by atoms with Gasteiger partial charge in [0, 0.05) is 11.6 Å². The van der Waals surface area contributed by atoms with Crippen LogP contribution >= 0.6 is 0 Å². The zero-order chi connectivity index (χ0) is 14.2.